The van der Waals surface area contributed by atoms with Crippen LogP contribution < -0.4 is 5.32 Å². The Morgan fingerprint density at radius 1 is 1.50 bits per heavy atom. The minimum atomic E-state index is -0.0743. The van der Waals surface area contributed by atoms with Gasteiger partial charge in [-0.2, -0.15) is 4.68 Å². The minimum absolute atomic E-state index is 0.0743. The summed E-state index contributed by atoms with van der Waals surface area (Å²) in [6, 6.07) is 0. The fourth-order valence-electron chi connectivity index (χ4n) is 2.45. The Labute approximate surface area is 120 Å². The van der Waals surface area contributed by atoms with Gasteiger partial charge in [0, 0.05) is 11.4 Å². The molecule has 1 amide bonds. The molecule has 0 atom stereocenters. The summed E-state index contributed by atoms with van der Waals surface area (Å²) in [5, 5.41) is 14.9. The molecule has 20 heavy (non-hydrogen) atoms. The number of hydrogen-bond donors (Lipinski definition) is 1. The van der Waals surface area contributed by atoms with Crippen molar-refractivity contribution in [3.63, 3.8) is 0 Å². The van der Waals surface area contributed by atoms with Crippen LogP contribution in [0.25, 0.3) is 5.00 Å². The number of aromatic nitrogens is 4. The van der Waals surface area contributed by atoms with Crippen LogP contribution >= 0.6 is 11.3 Å². The second-order valence-electron chi connectivity index (χ2n) is 4.64. The van der Waals surface area contributed by atoms with Crippen LogP contribution in [0.4, 0.5) is 0 Å². The molecule has 2 aromatic heterocycles. The van der Waals surface area contributed by atoms with Crippen molar-refractivity contribution in [2.24, 2.45) is 0 Å². The summed E-state index contributed by atoms with van der Waals surface area (Å²) in [6.45, 7) is 4.08. The van der Waals surface area contributed by atoms with Crippen molar-refractivity contribution in [1.29, 1.82) is 0 Å². The van der Waals surface area contributed by atoms with Gasteiger partial charge >= 0.3 is 0 Å². The van der Waals surface area contributed by atoms with E-state index in [9.17, 15) is 4.79 Å². The number of tetrazole rings is 1. The highest BCUT2D eigenvalue weighted by Gasteiger charge is 2.26. The fraction of sp³-hybridized carbons (Fsp3) is 0.385. The van der Waals surface area contributed by atoms with Gasteiger partial charge in [0.05, 0.1) is 5.56 Å². The van der Waals surface area contributed by atoms with Crippen LogP contribution in [0.3, 0.4) is 0 Å². The summed E-state index contributed by atoms with van der Waals surface area (Å²) in [5.74, 6) is -0.0743. The van der Waals surface area contributed by atoms with Gasteiger partial charge in [-0.3, -0.25) is 4.79 Å². The van der Waals surface area contributed by atoms with Crippen LogP contribution in [0.15, 0.2) is 19.0 Å². The van der Waals surface area contributed by atoms with Crippen LogP contribution in [0.5, 0.6) is 0 Å². The molecule has 0 aromatic carbocycles. The lowest BCUT2D eigenvalue weighted by molar-refractivity contribution is 0.0957. The molecule has 2 aromatic rings. The third-order valence-electron chi connectivity index (χ3n) is 3.34. The molecule has 2 heterocycles. The highest BCUT2D eigenvalue weighted by Crippen LogP contribution is 2.36. The quantitative estimate of drug-likeness (QED) is 0.866. The maximum Gasteiger partial charge on any atom is 0.254 e. The van der Waals surface area contributed by atoms with E-state index in [1.807, 2.05) is 0 Å². The number of carbonyl (C=O) groups is 1. The predicted octanol–water partition coefficient (Wildman–Crippen LogP) is 1.52. The van der Waals surface area contributed by atoms with E-state index in [0.29, 0.717) is 6.54 Å². The third kappa shape index (κ3) is 2.24. The molecule has 0 fully saturated rings. The lowest BCUT2D eigenvalue weighted by Gasteiger charge is -2.12. The molecular weight excluding hydrogens is 274 g/mol. The van der Waals surface area contributed by atoms with E-state index in [0.717, 1.165) is 35.4 Å². The van der Waals surface area contributed by atoms with Crippen molar-refractivity contribution >= 4 is 17.2 Å². The van der Waals surface area contributed by atoms with Crippen molar-refractivity contribution < 1.29 is 4.79 Å². The number of nitrogens with one attached hydrogen (secondary N) is 1. The number of fused-ring (bicyclic) bond motifs is 1. The number of hydrogen-bond acceptors (Lipinski definition) is 5. The molecule has 0 spiro atoms. The SMILES string of the molecule is C=CCNC(=O)c1c(-n2cnnn2)sc2c1CCCC2. The highest BCUT2D eigenvalue weighted by atomic mass is 32.1. The lowest BCUT2D eigenvalue weighted by Crippen LogP contribution is -2.25. The number of amides is 1. The number of nitrogens with zero attached hydrogens (tertiary/aromatic N) is 4. The summed E-state index contributed by atoms with van der Waals surface area (Å²) in [4.78, 5) is 13.7. The van der Waals surface area contributed by atoms with Gasteiger partial charge in [0.1, 0.15) is 11.3 Å². The molecule has 7 heteroatoms. The lowest BCUT2D eigenvalue weighted by atomic mass is 9.95. The summed E-state index contributed by atoms with van der Waals surface area (Å²) < 4.78 is 1.58. The standard InChI is InChI=1S/C13H15N5OS/c1-2-7-14-12(19)11-9-5-3-4-6-10(9)20-13(11)18-8-15-16-17-18/h2,8H,1,3-7H2,(H,14,19). The van der Waals surface area contributed by atoms with Gasteiger partial charge in [0.25, 0.3) is 5.91 Å². The first-order valence-corrected chi connectivity index (χ1v) is 7.40. The van der Waals surface area contributed by atoms with Gasteiger partial charge < -0.3 is 5.32 Å². The van der Waals surface area contributed by atoms with Crippen molar-refractivity contribution in [2.45, 2.75) is 25.7 Å². The molecule has 6 nitrogen and oxygen atoms in total. The van der Waals surface area contributed by atoms with Gasteiger partial charge in [0.2, 0.25) is 0 Å². The van der Waals surface area contributed by atoms with Gasteiger partial charge in [0.15, 0.2) is 0 Å². The predicted molar refractivity (Wildman–Crippen MR) is 76.2 cm³/mol. The first-order valence-electron chi connectivity index (χ1n) is 6.58. The van der Waals surface area contributed by atoms with E-state index in [1.54, 1.807) is 22.1 Å². The van der Waals surface area contributed by atoms with Crippen LogP contribution in [0.2, 0.25) is 0 Å². The Kier molecular flexibility index (Phi) is 3.60. The largest absolute Gasteiger partial charge is 0.348 e. The first kappa shape index (κ1) is 13.0. The summed E-state index contributed by atoms with van der Waals surface area (Å²) in [6.07, 6.45) is 7.49. The van der Waals surface area contributed by atoms with Crippen molar-refractivity contribution in [1.82, 2.24) is 25.5 Å². The molecule has 3 rings (SSSR count). The third-order valence-corrected chi connectivity index (χ3v) is 4.63. The molecule has 0 saturated heterocycles. The maximum absolute atomic E-state index is 12.4. The molecule has 0 saturated carbocycles. The van der Waals surface area contributed by atoms with Gasteiger partial charge in [-0.15, -0.1) is 23.0 Å². The van der Waals surface area contributed by atoms with Crippen LogP contribution in [0.1, 0.15) is 33.6 Å². The zero-order chi connectivity index (χ0) is 13.9. The molecular formula is C13H15N5OS. The molecule has 1 aliphatic rings. The van der Waals surface area contributed by atoms with Crippen molar-refractivity contribution in [3.05, 3.63) is 35.0 Å². The molecule has 0 bridgehead atoms. The Hall–Kier alpha value is -2.02. The van der Waals surface area contributed by atoms with Crippen molar-refractivity contribution in [3.8, 4) is 5.00 Å². The fourth-order valence-corrected chi connectivity index (χ4v) is 3.76. The van der Waals surface area contributed by atoms with E-state index >= 15 is 0 Å². The average Bonchev–Trinajstić information content (AvgIpc) is 3.11. The molecule has 0 unspecified atom stereocenters. The number of thiophene rings is 1. The molecule has 0 aliphatic heterocycles. The van der Waals surface area contributed by atoms with E-state index in [4.69, 9.17) is 0 Å². The normalized spacial score (nSPS) is 13.8. The second-order valence-corrected chi connectivity index (χ2v) is 5.73. The summed E-state index contributed by atoms with van der Waals surface area (Å²) in [5.41, 5.74) is 1.88. The van der Waals surface area contributed by atoms with Crippen LogP contribution in [-0.2, 0) is 12.8 Å². The molecule has 1 N–H and O–H groups in total. The van der Waals surface area contributed by atoms with E-state index in [2.05, 4.69) is 27.4 Å². The Balaban J connectivity index is 2.06. The van der Waals surface area contributed by atoms with E-state index in [-0.39, 0.29) is 5.91 Å². The summed E-state index contributed by atoms with van der Waals surface area (Å²) in [7, 11) is 0. The van der Waals surface area contributed by atoms with Crippen LogP contribution in [-0.4, -0.2) is 32.7 Å². The summed E-state index contributed by atoms with van der Waals surface area (Å²) >= 11 is 1.62. The minimum Gasteiger partial charge on any atom is -0.348 e. The van der Waals surface area contributed by atoms with Crippen molar-refractivity contribution in [2.75, 3.05) is 6.54 Å². The van der Waals surface area contributed by atoms with Gasteiger partial charge in [-0.1, -0.05) is 6.08 Å². The number of aryl methyl sites for hydroxylation is 1. The van der Waals surface area contributed by atoms with E-state index in [1.165, 1.54) is 17.6 Å². The van der Waals surface area contributed by atoms with Gasteiger partial charge in [-0.25, -0.2) is 0 Å². The first-order chi connectivity index (χ1) is 9.81. The zero-order valence-corrected chi connectivity index (χ0v) is 11.8. The Morgan fingerprint density at radius 2 is 2.35 bits per heavy atom. The maximum atomic E-state index is 12.4. The Morgan fingerprint density at radius 3 is 3.10 bits per heavy atom. The molecule has 104 valence electrons. The molecule has 0 radical (unpaired) electrons. The number of rotatable bonds is 4. The van der Waals surface area contributed by atoms with Gasteiger partial charge in [-0.05, 0) is 41.7 Å². The smallest absolute Gasteiger partial charge is 0.254 e. The monoisotopic (exact) mass is 289 g/mol. The topological polar surface area (TPSA) is 72.7 Å². The average molecular weight is 289 g/mol. The zero-order valence-electron chi connectivity index (χ0n) is 11.0. The second kappa shape index (κ2) is 5.54. The highest BCUT2D eigenvalue weighted by molar-refractivity contribution is 7.15. The Bertz CT molecular complexity index is 631. The number of carbonyl (C=O) groups excluding carboxylic acids is 1. The molecule has 1 aliphatic carbocycles. The van der Waals surface area contributed by atoms with E-state index < -0.39 is 0 Å². The van der Waals surface area contributed by atoms with Crippen LogP contribution in [0, 0.1) is 0 Å².